The van der Waals surface area contributed by atoms with E-state index in [0.29, 0.717) is 0 Å². The predicted octanol–water partition coefficient (Wildman–Crippen LogP) is 10.9. The predicted molar refractivity (Wildman–Crippen MR) is 251 cm³/mol. The molecule has 0 unspecified atom stereocenters. The van der Waals surface area contributed by atoms with Crippen LogP contribution in [-0.2, 0) is 5.41 Å². The van der Waals surface area contributed by atoms with Gasteiger partial charge in [-0.05, 0) is 62.5 Å². The van der Waals surface area contributed by atoms with Crippen LogP contribution in [0.2, 0.25) is 0 Å². The number of nitrogens with zero attached hydrogens (tertiary/aromatic N) is 4. The number of thiophene rings is 1. The second-order valence-corrected chi connectivity index (χ2v) is 21.1. The minimum atomic E-state index is -3.01. The van der Waals surface area contributed by atoms with Gasteiger partial charge in [-0.3, -0.25) is 9.30 Å². The lowest BCUT2D eigenvalue weighted by Crippen LogP contribution is -2.74. The molecule has 4 nitrogen and oxygen atoms in total. The lowest BCUT2D eigenvalue weighted by atomic mass is 9.74. The average Bonchev–Trinajstić information content (AvgIpc) is 3.94. The number of imidazole rings is 1. The Hall–Kier alpha value is -6.86. The highest BCUT2D eigenvalue weighted by Gasteiger charge is 2.44. The van der Waals surface area contributed by atoms with E-state index in [4.69, 9.17) is 9.97 Å². The number of para-hydroxylation sites is 1. The zero-order chi connectivity index (χ0) is 39.3. The highest BCUT2D eigenvalue weighted by molar-refractivity contribution is 7.26. The zero-order valence-corrected chi connectivity index (χ0v) is 34.5. The molecule has 0 radical (unpaired) electrons. The first-order valence-electron chi connectivity index (χ1n) is 20.2. The van der Waals surface area contributed by atoms with Crippen LogP contribution in [0.1, 0.15) is 25.0 Å². The molecule has 5 heterocycles. The van der Waals surface area contributed by atoms with Gasteiger partial charge in [0.2, 0.25) is 0 Å². The van der Waals surface area contributed by atoms with E-state index in [1.54, 1.807) is 0 Å². The molecule has 0 fully saturated rings. The number of hydrogen-bond donors (Lipinski definition) is 0. The summed E-state index contributed by atoms with van der Waals surface area (Å²) in [5.74, 6) is 0.980. The molecule has 0 bridgehead atoms. The maximum atomic E-state index is 5.18. The van der Waals surface area contributed by atoms with Crippen LogP contribution in [0.5, 0.6) is 0 Å². The smallest absolute Gasteiger partial charge is 0.179 e. The van der Waals surface area contributed by atoms with Crippen molar-refractivity contribution in [3.05, 3.63) is 206 Å². The third-order valence-electron chi connectivity index (χ3n) is 12.8. The average molecular weight is 791 g/mol. The van der Waals surface area contributed by atoms with E-state index in [-0.39, 0.29) is 5.41 Å². The summed E-state index contributed by atoms with van der Waals surface area (Å²) in [6.45, 7) is 4.74. The molecule has 1 aliphatic heterocycles. The summed E-state index contributed by atoms with van der Waals surface area (Å²) in [6.07, 6.45) is 5.95. The van der Waals surface area contributed by atoms with Crippen LogP contribution in [0.25, 0.3) is 47.5 Å². The highest BCUT2D eigenvalue weighted by Crippen LogP contribution is 2.55. The van der Waals surface area contributed by atoms with Crippen molar-refractivity contribution in [2.45, 2.75) is 19.3 Å². The first kappa shape index (κ1) is 34.2. The van der Waals surface area contributed by atoms with Crippen LogP contribution in [0, 0.1) is 0 Å². The number of fused-ring (bicyclic) bond motifs is 12. The summed E-state index contributed by atoms with van der Waals surface area (Å²) < 4.78 is 4.90. The van der Waals surface area contributed by atoms with E-state index in [1.807, 2.05) is 23.7 Å². The molecule has 0 aliphatic carbocycles. The van der Waals surface area contributed by atoms with Crippen LogP contribution in [0.4, 0.5) is 17.2 Å². The fourth-order valence-electron chi connectivity index (χ4n) is 10.2. The molecule has 6 heteroatoms. The summed E-state index contributed by atoms with van der Waals surface area (Å²) in [5, 5.41) is 11.5. The largest absolute Gasteiger partial charge is 0.299 e. The first-order chi connectivity index (χ1) is 29.0. The molecule has 280 valence electrons. The van der Waals surface area contributed by atoms with Crippen molar-refractivity contribution in [2.24, 2.45) is 0 Å². The molecule has 0 saturated heterocycles. The molecular formula is C53H38N4SSi. The van der Waals surface area contributed by atoms with Crippen molar-refractivity contribution in [1.82, 2.24) is 14.4 Å². The van der Waals surface area contributed by atoms with Gasteiger partial charge < -0.3 is 0 Å². The van der Waals surface area contributed by atoms with E-state index < -0.39 is 8.07 Å². The molecule has 11 aromatic rings. The Bertz CT molecular complexity index is 3400. The molecule has 1 aliphatic rings. The number of hydrogen-bond acceptors (Lipinski definition) is 4. The van der Waals surface area contributed by atoms with E-state index >= 15 is 0 Å². The topological polar surface area (TPSA) is 33.4 Å². The molecule has 0 saturated carbocycles. The summed E-state index contributed by atoms with van der Waals surface area (Å²) in [5.41, 5.74) is 6.72. The van der Waals surface area contributed by atoms with Crippen molar-refractivity contribution in [3.63, 3.8) is 0 Å². The Balaban J connectivity index is 1.16. The normalized spacial score (nSPS) is 13.7. The Morgan fingerprint density at radius 1 is 0.525 bits per heavy atom. The number of aromatic nitrogens is 3. The maximum absolute atomic E-state index is 5.18. The second kappa shape index (κ2) is 12.8. The van der Waals surface area contributed by atoms with Crippen molar-refractivity contribution in [3.8, 4) is 0 Å². The Kier molecular flexibility index (Phi) is 7.43. The molecule has 0 N–H and O–H groups in total. The van der Waals surface area contributed by atoms with Crippen LogP contribution < -0.4 is 25.6 Å². The monoisotopic (exact) mass is 790 g/mol. The van der Waals surface area contributed by atoms with Gasteiger partial charge in [0.05, 0.1) is 11.2 Å². The Labute approximate surface area is 347 Å². The third-order valence-corrected chi connectivity index (χ3v) is 18.8. The fourth-order valence-corrected chi connectivity index (χ4v) is 16.4. The van der Waals surface area contributed by atoms with Crippen molar-refractivity contribution >= 4 is 105 Å². The molecule has 0 atom stereocenters. The molecule has 59 heavy (non-hydrogen) atoms. The highest BCUT2D eigenvalue weighted by atomic mass is 32.1. The fraction of sp³-hybridized carbons (Fsp3) is 0.0566. The quantitative estimate of drug-likeness (QED) is 0.0989. The van der Waals surface area contributed by atoms with Crippen molar-refractivity contribution < 1.29 is 0 Å². The van der Waals surface area contributed by atoms with Crippen molar-refractivity contribution in [1.29, 1.82) is 0 Å². The first-order valence-corrected chi connectivity index (χ1v) is 23.0. The van der Waals surface area contributed by atoms with Gasteiger partial charge in [0.1, 0.15) is 11.5 Å². The molecule has 4 aromatic heterocycles. The Morgan fingerprint density at radius 2 is 1.22 bits per heavy atom. The van der Waals surface area contributed by atoms with Gasteiger partial charge in [0, 0.05) is 71.8 Å². The second-order valence-electron chi connectivity index (χ2n) is 16.2. The summed E-state index contributed by atoms with van der Waals surface area (Å²) in [4.78, 5) is 12.6. The van der Waals surface area contributed by atoms with E-state index in [9.17, 15) is 0 Å². The number of benzene rings is 7. The molecular weight excluding hydrogens is 753 g/mol. The minimum absolute atomic E-state index is 0.270. The molecule has 12 rings (SSSR count). The number of pyridine rings is 2. The van der Waals surface area contributed by atoms with Crippen LogP contribution >= 0.6 is 11.3 Å². The van der Waals surface area contributed by atoms with E-state index in [0.717, 1.165) is 28.1 Å². The maximum Gasteiger partial charge on any atom is 0.179 e. The summed E-state index contributed by atoms with van der Waals surface area (Å²) in [7, 11) is -3.01. The third kappa shape index (κ3) is 4.81. The standard InChI is InChI=1S/C53H38N4SSi/c1-53(2)45-23-14-30-54-52(45)57(47-29-28-43-42-22-10-12-25-48(42)58-50(43)49(47)53)35-15-13-20-38(33-35)59(36-16-5-3-6-17-36,37-18-7-4-8-19-37)39-26-27-40-41-21-9-11-24-46(41)56-32-31-55-51(56)44(40)34-39/h3-34H,1-2H3. The van der Waals surface area contributed by atoms with Gasteiger partial charge >= 0.3 is 0 Å². The van der Waals surface area contributed by atoms with Crippen LogP contribution in [0.3, 0.4) is 0 Å². The van der Waals surface area contributed by atoms with Gasteiger partial charge in [-0.25, -0.2) is 9.97 Å². The number of anilines is 3. The zero-order valence-electron chi connectivity index (χ0n) is 32.7. The van der Waals surface area contributed by atoms with Crippen LogP contribution in [-0.4, -0.2) is 22.4 Å². The SMILES string of the molecule is CC1(C)c2cccnc2N(c2cccc([Si](c3ccccc3)(c3ccccc3)c3ccc4c5ccccc5n5ccnc5c4c3)c2)c2ccc3c(sc4ccccc43)c21. The molecule has 0 spiro atoms. The van der Waals surface area contributed by atoms with E-state index in [2.05, 4.69) is 205 Å². The van der Waals surface area contributed by atoms with E-state index in [1.165, 1.54) is 68.5 Å². The molecule has 0 amide bonds. The van der Waals surface area contributed by atoms with Crippen LogP contribution in [0.15, 0.2) is 195 Å². The lowest BCUT2D eigenvalue weighted by molar-refractivity contribution is 0.634. The van der Waals surface area contributed by atoms with Gasteiger partial charge in [0.15, 0.2) is 8.07 Å². The lowest BCUT2D eigenvalue weighted by Gasteiger charge is -2.42. The summed E-state index contributed by atoms with van der Waals surface area (Å²) >= 11 is 1.91. The van der Waals surface area contributed by atoms with Crippen molar-refractivity contribution in [2.75, 3.05) is 4.90 Å². The minimum Gasteiger partial charge on any atom is -0.299 e. The summed E-state index contributed by atoms with van der Waals surface area (Å²) in [6, 6.07) is 65.5. The molecule has 7 aromatic carbocycles. The number of rotatable bonds is 5. The van der Waals surface area contributed by atoms with Gasteiger partial charge in [-0.1, -0.05) is 153 Å². The Morgan fingerprint density at radius 3 is 2.03 bits per heavy atom. The van der Waals surface area contributed by atoms with Gasteiger partial charge in [-0.15, -0.1) is 11.3 Å². The van der Waals surface area contributed by atoms with Gasteiger partial charge in [0.25, 0.3) is 0 Å². The van der Waals surface area contributed by atoms with Gasteiger partial charge in [-0.2, -0.15) is 0 Å².